The van der Waals surface area contributed by atoms with E-state index in [4.69, 9.17) is 0 Å². The number of amides is 3. The van der Waals surface area contributed by atoms with Gasteiger partial charge in [-0.15, -0.1) is 0 Å². The van der Waals surface area contributed by atoms with Crippen LogP contribution in [0.2, 0.25) is 0 Å². The largest absolute Gasteiger partial charge is 0.326 e. The number of carbonyl (C=O) groups excluding carboxylic acids is 2. The molecule has 4 rings (SSSR count). The summed E-state index contributed by atoms with van der Waals surface area (Å²) in [6, 6.07) is 10.3. The Morgan fingerprint density at radius 3 is 2.52 bits per heavy atom. The number of hydrogen-bond donors (Lipinski definition) is 1. The van der Waals surface area contributed by atoms with E-state index in [1.54, 1.807) is 0 Å². The second-order valence-corrected chi connectivity index (χ2v) is 8.57. The highest BCUT2D eigenvalue weighted by molar-refractivity contribution is 6.07. The first-order valence-electron chi connectivity index (χ1n) is 10.1. The Morgan fingerprint density at radius 1 is 1.11 bits per heavy atom. The molecule has 27 heavy (non-hydrogen) atoms. The van der Waals surface area contributed by atoms with E-state index in [0.29, 0.717) is 12.6 Å². The van der Waals surface area contributed by atoms with E-state index < -0.39 is 5.54 Å². The van der Waals surface area contributed by atoms with Gasteiger partial charge in [0.05, 0.1) is 6.67 Å². The molecule has 2 saturated heterocycles. The zero-order valence-electron chi connectivity index (χ0n) is 16.4. The number of likely N-dealkylation sites (N-methyl/N-ethyl adjacent to an activating group) is 1. The van der Waals surface area contributed by atoms with Crippen molar-refractivity contribution in [2.75, 3.05) is 33.4 Å². The van der Waals surface area contributed by atoms with Crippen LogP contribution in [0.25, 0.3) is 0 Å². The van der Waals surface area contributed by atoms with E-state index in [1.165, 1.54) is 10.5 Å². The Balaban J connectivity index is 1.52. The predicted molar refractivity (Wildman–Crippen MR) is 104 cm³/mol. The van der Waals surface area contributed by atoms with Crippen molar-refractivity contribution in [1.82, 2.24) is 20.0 Å². The van der Waals surface area contributed by atoms with Gasteiger partial charge in [-0.05, 0) is 44.2 Å². The van der Waals surface area contributed by atoms with Gasteiger partial charge in [-0.25, -0.2) is 9.69 Å². The summed E-state index contributed by atoms with van der Waals surface area (Å²) in [5, 5.41) is 3.04. The molecule has 2 aliphatic heterocycles. The molecule has 1 spiro atoms. The number of hydrogen-bond acceptors (Lipinski definition) is 4. The number of carbonyl (C=O) groups is 2. The van der Waals surface area contributed by atoms with Crippen molar-refractivity contribution < 1.29 is 9.59 Å². The number of piperazine rings is 1. The fourth-order valence-electron chi connectivity index (χ4n) is 4.70. The maximum atomic E-state index is 13.2. The number of imide groups is 1. The molecule has 6 heteroatoms. The van der Waals surface area contributed by atoms with E-state index in [0.717, 1.165) is 45.3 Å². The van der Waals surface area contributed by atoms with Gasteiger partial charge in [-0.3, -0.25) is 9.69 Å². The number of benzene rings is 1. The lowest BCUT2D eigenvalue weighted by molar-refractivity contribution is -0.134. The zero-order valence-corrected chi connectivity index (χ0v) is 16.4. The molecule has 1 aliphatic carbocycles. The Labute approximate surface area is 161 Å². The molecule has 1 atom stereocenters. The van der Waals surface area contributed by atoms with Gasteiger partial charge in [-0.1, -0.05) is 37.3 Å². The van der Waals surface area contributed by atoms with Crippen molar-refractivity contribution in [3.05, 3.63) is 35.9 Å². The lowest BCUT2D eigenvalue weighted by atomic mass is 9.77. The summed E-state index contributed by atoms with van der Waals surface area (Å²) in [5.41, 5.74) is 0.579. The molecule has 3 amide bonds. The summed E-state index contributed by atoms with van der Waals surface area (Å²) >= 11 is 0. The minimum atomic E-state index is -0.654. The highest BCUT2D eigenvalue weighted by atomic mass is 16.2. The SMILES string of the molecule is CC1CCC2(CC1)NC(=O)N(CN1CCN(C)CC1c1ccccc1)C2=O. The molecular formula is C21H30N4O2. The first kappa shape index (κ1) is 18.4. The van der Waals surface area contributed by atoms with Crippen LogP contribution >= 0.6 is 0 Å². The van der Waals surface area contributed by atoms with Gasteiger partial charge in [0, 0.05) is 25.7 Å². The first-order valence-corrected chi connectivity index (χ1v) is 10.1. The van der Waals surface area contributed by atoms with Crippen LogP contribution in [0.3, 0.4) is 0 Å². The Bertz CT molecular complexity index is 699. The van der Waals surface area contributed by atoms with Crippen LogP contribution in [-0.4, -0.2) is 65.5 Å². The lowest BCUT2D eigenvalue weighted by Crippen LogP contribution is -2.53. The highest BCUT2D eigenvalue weighted by Crippen LogP contribution is 2.37. The van der Waals surface area contributed by atoms with Gasteiger partial charge in [0.2, 0.25) is 0 Å². The normalized spacial score (nSPS) is 32.9. The molecular weight excluding hydrogens is 340 g/mol. The average molecular weight is 370 g/mol. The zero-order chi connectivity index (χ0) is 19.0. The minimum absolute atomic E-state index is 0.0230. The molecule has 0 bridgehead atoms. The first-order chi connectivity index (χ1) is 13.0. The Kier molecular flexibility index (Phi) is 4.95. The van der Waals surface area contributed by atoms with Crippen LogP contribution in [0.1, 0.15) is 44.2 Å². The van der Waals surface area contributed by atoms with E-state index >= 15 is 0 Å². The van der Waals surface area contributed by atoms with Gasteiger partial charge < -0.3 is 10.2 Å². The summed E-state index contributed by atoms with van der Waals surface area (Å²) in [6.45, 7) is 5.28. The summed E-state index contributed by atoms with van der Waals surface area (Å²) < 4.78 is 0. The lowest BCUT2D eigenvalue weighted by Gasteiger charge is -2.41. The average Bonchev–Trinajstić information content (AvgIpc) is 2.90. The molecule has 0 aromatic heterocycles. The highest BCUT2D eigenvalue weighted by Gasteiger charge is 2.52. The van der Waals surface area contributed by atoms with Crippen molar-refractivity contribution >= 4 is 11.9 Å². The van der Waals surface area contributed by atoms with Crippen LogP contribution in [-0.2, 0) is 4.79 Å². The monoisotopic (exact) mass is 370 g/mol. The standard InChI is InChI=1S/C21H30N4O2/c1-16-8-10-21(11-9-16)19(26)25(20(27)22-21)15-24-13-12-23(2)14-18(24)17-6-4-3-5-7-17/h3-7,16,18H,8-15H2,1-2H3,(H,22,27). The number of rotatable bonds is 3. The molecule has 0 radical (unpaired) electrons. The number of nitrogens with one attached hydrogen (secondary N) is 1. The molecule has 1 N–H and O–H groups in total. The summed E-state index contributed by atoms with van der Waals surface area (Å²) in [7, 11) is 2.12. The molecule has 3 aliphatic rings. The smallest absolute Gasteiger partial charge is 0.323 e. The maximum Gasteiger partial charge on any atom is 0.326 e. The van der Waals surface area contributed by atoms with E-state index in [2.05, 4.69) is 41.2 Å². The van der Waals surface area contributed by atoms with Crippen LogP contribution in [0.15, 0.2) is 30.3 Å². The molecule has 3 fully saturated rings. The molecule has 1 aromatic carbocycles. The number of nitrogens with zero attached hydrogens (tertiary/aromatic N) is 3. The van der Waals surface area contributed by atoms with Crippen molar-refractivity contribution in [2.45, 2.75) is 44.2 Å². The van der Waals surface area contributed by atoms with E-state index in [9.17, 15) is 9.59 Å². The second-order valence-electron chi connectivity index (χ2n) is 8.57. The molecule has 6 nitrogen and oxygen atoms in total. The van der Waals surface area contributed by atoms with Crippen molar-refractivity contribution in [2.24, 2.45) is 5.92 Å². The molecule has 2 heterocycles. The van der Waals surface area contributed by atoms with Crippen LogP contribution in [0, 0.1) is 5.92 Å². The Morgan fingerprint density at radius 2 is 1.81 bits per heavy atom. The fraction of sp³-hybridized carbons (Fsp3) is 0.619. The maximum absolute atomic E-state index is 13.2. The van der Waals surface area contributed by atoms with Crippen molar-refractivity contribution in [3.8, 4) is 0 Å². The third-order valence-electron chi connectivity index (χ3n) is 6.58. The van der Waals surface area contributed by atoms with Gasteiger partial charge >= 0.3 is 6.03 Å². The summed E-state index contributed by atoms with van der Waals surface area (Å²) in [5.74, 6) is 0.611. The van der Waals surface area contributed by atoms with Gasteiger partial charge in [-0.2, -0.15) is 0 Å². The predicted octanol–water partition coefficient (Wildman–Crippen LogP) is 2.43. The van der Waals surface area contributed by atoms with Crippen LogP contribution in [0.4, 0.5) is 4.79 Å². The summed E-state index contributed by atoms with van der Waals surface area (Å²) in [4.78, 5) is 31.9. The topological polar surface area (TPSA) is 55.9 Å². The molecule has 1 saturated carbocycles. The quantitative estimate of drug-likeness (QED) is 0.831. The third-order valence-corrected chi connectivity index (χ3v) is 6.58. The van der Waals surface area contributed by atoms with E-state index in [-0.39, 0.29) is 18.0 Å². The van der Waals surface area contributed by atoms with Crippen molar-refractivity contribution in [1.29, 1.82) is 0 Å². The number of urea groups is 1. The van der Waals surface area contributed by atoms with E-state index in [1.807, 2.05) is 18.2 Å². The molecule has 146 valence electrons. The van der Waals surface area contributed by atoms with Gasteiger partial charge in [0.25, 0.3) is 5.91 Å². The molecule has 1 aromatic rings. The van der Waals surface area contributed by atoms with Gasteiger partial charge in [0.15, 0.2) is 0 Å². The van der Waals surface area contributed by atoms with Gasteiger partial charge in [0.1, 0.15) is 5.54 Å². The Hall–Kier alpha value is -1.92. The van der Waals surface area contributed by atoms with Crippen LogP contribution < -0.4 is 5.32 Å². The second kappa shape index (κ2) is 7.24. The molecule has 1 unspecified atom stereocenters. The fourth-order valence-corrected chi connectivity index (χ4v) is 4.70. The minimum Gasteiger partial charge on any atom is -0.323 e. The third kappa shape index (κ3) is 3.48. The van der Waals surface area contributed by atoms with Crippen LogP contribution in [0.5, 0.6) is 0 Å². The summed E-state index contributed by atoms with van der Waals surface area (Å²) in [6.07, 6.45) is 3.53. The van der Waals surface area contributed by atoms with Crippen molar-refractivity contribution in [3.63, 3.8) is 0 Å².